The van der Waals surface area contributed by atoms with Gasteiger partial charge in [-0.1, -0.05) is 46.8 Å². The third-order valence-corrected chi connectivity index (χ3v) is 15.8. The van der Waals surface area contributed by atoms with Crippen molar-refractivity contribution in [3.8, 4) is 0 Å². The number of hydrogen-bond acceptors (Lipinski definition) is 7. The summed E-state index contributed by atoms with van der Waals surface area (Å²) < 4.78 is 73.3. The number of alkyl halides is 3. The number of aromatic nitrogens is 1. The van der Waals surface area contributed by atoms with E-state index in [4.69, 9.17) is 28.4 Å². The molecule has 3 aliphatic heterocycles. The lowest BCUT2D eigenvalue weighted by Crippen LogP contribution is -2.46. The van der Waals surface area contributed by atoms with Crippen molar-refractivity contribution in [2.75, 3.05) is 26.4 Å². The summed E-state index contributed by atoms with van der Waals surface area (Å²) in [5.41, 5.74) is 3.12. The fourth-order valence-corrected chi connectivity index (χ4v) is 9.05. The summed E-state index contributed by atoms with van der Waals surface area (Å²) in [6.45, 7) is 18.9. The number of carbonyl (C=O) groups is 1. The van der Waals surface area contributed by atoms with Gasteiger partial charge in [-0.05, 0) is 60.7 Å². The van der Waals surface area contributed by atoms with E-state index in [1.807, 2.05) is 0 Å². The lowest BCUT2D eigenvalue weighted by Gasteiger charge is -2.48. The van der Waals surface area contributed by atoms with Gasteiger partial charge in [0, 0.05) is 68.7 Å². The van der Waals surface area contributed by atoms with Crippen LogP contribution in [0.15, 0.2) is 24.3 Å². The molecular weight excluding hydrogens is 639 g/mol. The lowest BCUT2D eigenvalue weighted by atomic mass is 9.68. The monoisotopic (exact) mass is 689 g/mol. The van der Waals surface area contributed by atoms with Gasteiger partial charge < -0.3 is 23.4 Å². The molecule has 1 aliphatic carbocycles. The minimum atomic E-state index is -4.45. The van der Waals surface area contributed by atoms with Crippen LogP contribution in [-0.4, -0.2) is 45.7 Å². The highest BCUT2D eigenvalue weighted by molar-refractivity contribution is 6.74. The molecule has 3 atom stereocenters. The van der Waals surface area contributed by atoms with Gasteiger partial charge in [-0.3, -0.25) is 9.78 Å². The number of esters is 1. The van der Waals surface area contributed by atoms with Crippen molar-refractivity contribution in [3.05, 3.63) is 63.5 Å². The Balaban J connectivity index is 1.66. The second-order valence-corrected chi connectivity index (χ2v) is 21.0. The van der Waals surface area contributed by atoms with Crippen molar-refractivity contribution >= 4 is 14.3 Å². The molecular formula is C37H50F3NO6Si. The Morgan fingerprint density at radius 1 is 0.938 bits per heavy atom. The predicted molar refractivity (Wildman–Crippen MR) is 177 cm³/mol. The van der Waals surface area contributed by atoms with Crippen LogP contribution in [0, 0.1) is 5.41 Å². The van der Waals surface area contributed by atoms with Crippen molar-refractivity contribution in [2.45, 2.75) is 128 Å². The molecule has 4 aliphatic rings. The van der Waals surface area contributed by atoms with E-state index in [0.29, 0.717) is 56.9 Å². The van der Waals surface area contributed by atoms with Gasteiger partial charge in [0.1, 0.15) is 12.2 Å². The molecule has 0 saturated carbocycles. The van der Waals surface area contributed by atoms with Gasteiger partial charge in [0.2, 0.25) is 0 Å². The number of benzene rings is 1. The quantitative estimate of drug-likeness (QED) is 0.229. The maximum atomic E-state index is 13.7. The summed E-state index contributed by atoms with van der Waals surface area (Å²) in [5.74, 6) is -0.339. The molecule has 2 saturated heterocycles. The number of ether oxygens (including phenoxy) is 4. The van der Waals surface area contributed by atoms with Gasteiger partial charge in [-0.25, -0.2) is 0 Å². The maximum Gasteiger partial charge on any atom is 0.416 e. The van der Waals surface area contributed by atoms with Crippen LogP contribution < -0.4 is 0 Å². The largest absolute Gasteiger partial charge is 0.455 e. The van der Waals surface area contributed by atoms with E-state index in [1.165, 1.54) is 19.1 Å². The maximum absolute atomic E-state index is 13.7. The second-order valence-electron chi connectivity index (χ2n) is 16.2. The Morgan fingerprint density at radius 2 is 1.54 bits per heavy atom. The molecule has 0 amide bonds. The molecule has 2 aromatic rings. The van der Waals surface area contributed by atoms with Crippen LogP contribution in [0.25, 0.3) is 0 Å². The van der Waals surface area contributed by atoms with Crippen LogP contribution in [0.5, 0.6) is 0 Å². The Morgan fingerprint density at radius 3 is 2.10 bits per heavy atom. The van der Waals surface area contributed by atoms with Crippen LogP contribution in [0.1, 0.15) is 137 Å². The van der Waals surface area contributed by atoms with Crippen molar-refractivity contribution in [1.29, 1.82) is 0 Å². The van der Waals surface area contributed by atoms with Crippen molar-refractivity contribution in [1.82, 2.24) is 4.98 Å². The zero-order chi connectivity index (χ0) is 34.9. The van der Waals surface area contributed by atoms with Gasteiger partial charge in [0.05, 0.1) is 28.7 Å². The minimum absolute atomic E-state index is 0.0381. The zero-order valence-electron chi connectivity index (χ0n) is 29.5. The number of fused-ring (bicyclic) bond motifs is 4. The number of halogens is 3. The fraction of sp³-hybridized carbons (Fsp3) is 0.676. The number of rotatable bonds is 5. The molecule has 48 heavy (non-hydrogen) atoms. The fourth-order valence-electron chi connectivity index (χ4n) is 7.78. The highest BCUT2D eigenvalue weighted by Crippen LogP contribution is 2.61. The molecule has 2 fully saturated rings. The molecule has 1 aromatic heterocycles. The number of pyridine rings is 1. The molecule has 6 rings (SSSR count). The molecule has 3 unspecified atom stereocenters. The lowest BCUT2D eigenvalue weighted by molar-refractivity contribution is -0.156. The van der Waals surface area contributed by atoms with Crippen LogP contribution >= 0.6 is 0 Å². The normalized spacial score (nSPS) is 25.9. The number of nitrogens with zero attached hydrogens (tertiary/aromatic N) is 1. The number of carbonyl (C=O) groups excluding carboxylic acids is 1. The first-order valence-corrected chi connectivity index (χ1v) is 20.2. The van der Waals surface area contributed by atoms with Crippen molar-refractivity contribution in [3.63, 3.8) is 0 Å². The van der Waals surface area contributed by atoms with Gasteiger partial charge in [0.25, 0.3) is 0 Å². The first-order chi connectivity index (χ1) is 22.3. The molecule has 0 bridgehead atoms. The van der Waals surface area contributed by atoms with Crippen LogP contribution in [0.3, 0.4) is 0 Å². The summed E-state index contributed by atoms with van der Waals surface area (Å²) in [6.07, 6.45) is -2.78. The van der Waals surface area contributed by atoms with Gasteiger partial charge >= 0.3 is 12.1 Å². The Hall–Kier alpha value is -2.31. The van der Waals surface area contributed by atoms with E-state index in [0.717, 1.165) is 47.4 Å². The molecule has 1 spiro atoms. The molecule has 0 N–H and O–H groups in total. The molecule has 7 nitrogen and oxygen atoms in total. The second kappa shape index (κ2) is 12.5. The third kappa shape index (κ3) is 6.38. The van der Waals surface area contributed by atoms with E-state index < -0.39 is 43.3 Å². The Bertz CT molecular complexity index is 1520. The van der Waals surface area contributed by atoms with E-state index in [1.54, 1.807) is 0 Å². The van der Waals surface area contributed by atoms with Crippen molar-refractivity contribution in [2.24, 2.45) is 5.41 Å². The van der Waals surface area contributed by atoms with E-state index in [-0.39, 0.29) is 23.0 Å². The molecule has 4 heterocycles. The molecule has 1 aromatic carbocycles. The smallest absolute Gasteiger partial charge is 0.416 e. The minimum Gasteiger partial charge on any atom is -0.455 e. The first kappa shape index (κ1) is 35.5. The molecule has 0 radical (unpaired) electrons. The van der Waals surface area contributed by atoms with Gasteiger partial charge in [-0.15, -0.1) is 0 Å². The van der Waals surface area contributed by atoms with Crippen molar-refractivity contribution < 1.29 is 41.3 Å². The topological polar surface area (TPSA) is 76.1 Å². The molecule has 11 heteroatoms. The molecule has 264 valence electrons. The van der Waals surface area contributed by atoms with E-state index >= 15 is 0 Å². The highest BCUT2D eigenvalue weighted by Gasteiger charge is 2.56. The Labute approximate surface area is 283 Å². The average Bonchev–Trinajstić information content (AvgIpc) is 3.32. The standard InChI is InChI=1S/C37H50F3NO6Si/c1-22(42)45-33-31-27(26(21-35(33,5)6)47-48(7,8)34(2,3)4)29-28(30(41-31)23-13-17-43-18-14-23)32(46-36(29)15-19-44-20-16-36)24-9-11-25(12-10-24)37(38,39)40/h9-12,23,26,32-33H,13-21H2,1-8H3. The van der Waals surface area contributed by atoms with Gasteiger partial charge in [0.15, 0.2) is 8.32 Å². The van der Waals surface area contributed by atoms with Crippen LogP contribution in [0.2, 0.25) is 18.1 Å². The predicted octanol–water partition coefficient (Wildman–Crippen LogP) is 9.22. The average molecular weight is 690 g/mol. The summed E-state index contributed by atoms with van der Waals surface area (Å²) in [6, 6.07) is 5.35. The highest BCUT2D eigenvalue weighted by atomic mass is 28.4. The summed E-state index contributed by atoms with van der Waals surface area (Å²) >= 11 is 0. The summed E-state index contributed by atoms with van der Waals surface area (Å²) in [5, 5.41) is -0.0711. The van der Waals surface area contributed by atoms with Crippen LogP contribution in [-0.2, 0) is 39.9 Å². The summed E-state index contributed by atoms with van der Waals surface area (Å²) in [4.78, 5) is 18.2. The third-order valence-electron chi connectivity index (χ3n) is 11.4. The van der Waals surface area contributed by atoms with Gasteiger partial charge in [-0.2, -0.15) is 13.2 Å². The van der Waals surface area contributed by atoms with E-state index in [2.05, 4.69) is 47.7 Å². The van der Waals surface area contributed by atoms with Crippen LogP contribution in [0.4, 0.5) is 13.2 Å². The van der Waals surface area contributed by atoms with E-state index in [9.17, 15) is 18.0 Å². The SMILES string of the molecule is CC(=O)OC1c2nc(C3CCOCC3)c3c(c2C(O[Si](C)(C)C(C)(C)C)CC1(C)C)C1(CCOCC1)OC3c1ccc(C(F)(F)F)cc1. The zero-order valence-corrected chi connectivity index (χ0v) is 30.5. The first-order valence-electron chi connectivity index (χ1n) is 17.3. The number of hydrogen-bond donors (Lipinski definition) is 0. The summed E-state index contributed by atoms with van der Waals surface area (Å²) in [7, 11) is -2.35. The Kier molecular flexibility index (Phi) is 9.23.